The van der Waals surface area contributed by atoms with E-state index in [-0.39, 0.29) is 38.6 Å². The van der Waals surface area contributed by atoms with Gasteiger partial charge in [-0.1, -0.05) is 217 Å². The van der Waals surface area contributed by atoms with E-state index in [1.807, 2.05) is 21.1 Å². The van der Waals surface area contributed by atoms with Crippen LogP contribution < -0.4 is 5.11 Å². The van der Waals surface area contributed by atoms with Crippen LogP contribution in [0.4, 0.5) is 0 Å². The number of carbonyl (C=O) groups excluding carboxylic acids is 3. The van der Waals surface area contributed by atoms with E-state index in [4.69, 9.17) is 18.9 Å². The number of likely N-dealkylation sites (N-methyl/N-ethyl adjacent to an activating group) is 1. The molecule has 0 saturated carbocycles. The topological polar surface area (TPSA) is 111 Å². The van der Waals surface area contributed by atoms with Gasteiger partial charge < -0.3 is 33.3 Å². The predicted molar refractivity (Wildman–Crippen MR) is 324 cm³/mol. The number of esters is 2. The van der Waals surface area contributed by atoms with Crippen molar-refractivity contribution in [1.29, 1.82) is 0 Å². The van der Waals surface area contributed by atoms with Crippen LogP contribution in [0.15, 0.2) is 146 Å². The number of hydrogen-bond donors (Lipinski definition) is 0. The van der Waals surface area contributed by atoms with E-state index in [9.17, 15) is 19.5 Å². The van der Waals surface area contributed by atoms with Gasteiger partial charge in [0.2, 0.25) is 0 Å². The zero-order chi connectivity index (χ0) is 56.2. The summed E-state index contributed by atoms with van der Waals surface area (Å²) in [5, 5.41) is 11.8. The largest absolute Gasteiger partial charge is 0.545 e. The molecule has 77 heavy (non-hydrogen) atoms. The van der Waals surface area contributed by atoms with Crippen molar-refractivity contribution < 1.29 is 42.9 Å². The van der Waals surface area contributed by atoms with Crippen molar-refractivity contribution in [2.45, 2.75) is 219 Å². The van der Waals surface area contributed by atoms with Crippen molar-refractivity contribution in [1.82, 2.24) is 0 Å². The molecule has 0 aromatic carbocycles. The number of hydrogen-bond acceptors (Lipinski definition) is 8. The molecule has 0 aliphatic carbocycles. The third-order valence-corrected chi connectivity index (χ3v) is 12.1. The molecule has 2 unspecified atom stereocenters. The van der Waals surface area contributed by atoms with Gasteiger partial charge in [-0.25, -0.2) is 0 Å². The van der Waals surface area contributed by atoms with Gasteiger partial charge in [0.1, 0.15) is 13.2 Å². The van der Waals surface area contributed by atoms with Crippen LogP contribution in [-0.4, -0.2) is 82.3 Å². The van der Waals surface area contributed by atoms with Crippen molar-refractivity contribution in [3.63, 3.8) is 0 Å². The summed E-state index contributed by atoms with van der Waals surface area (Å²) in [6, 6.07) is 0. The molecule has 9 heteroatoms. The second kappa shape index (κ2) is 57.3. The maximum absolute atomic E-state index is 12.9. The van der Waals surface area contributed by atoms with Crippen molar-refractivity contribution in [2.24, 2.45) is 0 Å². The summed E-state index contributed by atoms with van der Waals surface area (Å²) >= 11 is 0. The molecule has 0 N–H and O–H groups in total. The minimum Gasteiger partial charge on any atom is -0.545 e. The van der Waals surface area contributed by atoms with Crippen molar-refractivity contribution in [2.75, 3.05) is 47.5 Å². The second-order valence-corrected chi connectivity index (χ2v) is 20.5. The molecule has 2 atom stereocenters. The zero-order valence-corrected chi connectivity index (χ0v) is 49.3. The molecule has 0 amide bonds. The maximum Gasteiger partial charge on any atom is 0.306 e. The Morgan fingerprint density at radius 3 is 1.13 bits per heavy atom. The predicted octanol–water partition coefficient (Wildman–Crippen LogP) is 16.7. The molecule has 0 aromatic heterocycles. The van der Waals surface area contributed by atoms with Gasteiger partial charge in [0.15, 0.2) is 12.4 Å². The molecule has 0 radical (unpaired) electrons. The van der Waals surface area contributed by atoms with Gasteiger partial charge in [-0.15, -0.1) is 0 Å². The van der Waals surface area contributed by atoms with E-state index in [0.717, 1.165) is 116 Å². The highest BCUT2D eigenvalue weighted by Gasteiger charge is 2.22. The van der Waals surface area contributed by atoms with E-state index >= 15 is 0 Å². The van der Waals surface area contributed by atoms with E-state index in [1.165, 1.54) is 57.8 Å². The third kappa shape index (κ3) is 58.7. The number of nitrogens with zero attached hydrogens (tertiary/aromatic N) is 1. The number of carboxylic acids is 1. The zero-order valence-electron chi connectivity index (χ0n) is 49.3. The van der Waals surface area contributed by atoms with E-state index in [1.54, 1.807) is 0 Å². The Kier molecular flexibility index (Phi) is 53.8. The van der Waals surface area contributed by atoms with Crippen LogP contribution in [0, 0.1) is 0 Å². The Balaban J connectivity index is 4.37. The first kappa shape index (κ1) is 72.2. The van der Waals surface area contributed by atoms with Crippen LogP contribution in [0.1, 0.15) is 206 Å². The van der Waals surface area contributed by atoms with Crippen LogP contribution >= 0.6 is 0 Å². The van der Waals surface area contributed by atoms with Gasteiger partial charge in [-0.2, -0.15) is 0 Å². The number of allylic oxidation sites excluding steroid dienone is 24. The molecule has 0 aliphatic rings. The molecule has 0 spiro atoms. The summed E-state index contributed by atoms with van der Waals surface area (Å²) in [6.07, 6.45) is 80.4. The lowest BCUT2D eigenvalue weighted by atomic mass is 10.1. The fraction of sp³-hybridized carbons (Fsp3) is 0.603. The molecule has 0 aliphatic heterocycles. The quantitative estimate of drug-likeness (QED) is 0.0195. The van der Waals surface area contributed by atoms with Gasteiger partial charge in [0.25, 0.3) is 0 Å². The standard InChI is InChI=1S/C68H109NO8/c1-6-8-10-12-14-16-18-20-22-24-26-27-28-29-30-31-32-33-34-35-36-37-38-39-41-43-45-47-49-51-53-55-57-59-66(71)77-64(63-76-68(67(72)73)74-61-60-69(3,4)5)62-75-65(70)58-56-54-52-50-48-46-44-42-40-25-23-21-19-17-15-13-11-9-7-2/h8,10,14-17,20-23,26-27,29-30,32-33,35-36,38-39,43,45,49,51,64,68H,6-7,9,11-13,18-19,24-25,28,31,34,37,40-42,44,46-48,50,52-63H2,1-5H3/b10-8-,16-14-,17-15-,22-20-,23-21-,27-26-,30-29-,33-32-,36-35-,39-38-,45-43-,51-49-. The fourth-order valence-electron chi connectivity index (χ4n) is 7.47. The van der Waals surface area contributed by atoms with Gasteiger partial charge >= 0.3 is 11.9 Å². The number of ether oxygens (including phenoxy) is 4. The number of unbranched alkanes of at least 4 members (excludes halogenated alkanes) is 14. The second-order valence-electron chi connectivity index (χ2n) is 20.5. The molecular formula is C68H109NO8. The number of carbonyl (C=O) groups is 3. The molecule has 0 fully saturated rings. The third-order valence-electron chi connectivity index (χ3n) is 12.1. The van der Waals surface area contributed by atoms with Crippen LogP contribution in [0.5, 0.6) is 0 Å². The Morgan fingerprint density at radius 2 is 0.740 bits per heavy atom. The summed E-state index contributed by atoms with van der Waals surface area (Å²) in [5.74, 6) is -2.37. The van der Waals surface area contributed by atoms with Gasteiger partial charge in [0, 0.05) is 12.8 Å². The summed E-state index contributed by atoms with van der Waals surface area (Å²) in [5.41, 5.74) is 0. The van der Waals surface area contributed by atoms with Crippen LogP contribution in [-0.2, 0) is 33.3 Å². The SMILES string of the molecule is CC/C=C\C/C=C\C/C=C\C/C=C\C/C=C\C/C=C\C/C=C\C/C=C\C/C=C\C/C=C\CCCCC(=O)OC(COC(=O)CCCCCCCCCCC/C=C\C/C=C\CCCCC)COC(OCC[N+](C)(C)C)C(=O)[O-]. The van der Waals surface area contributed by atoms with Gasteiger partial charge in [-0.05, 0) is 122 Å². The fourth-order valence-corrected chi connectivity index (χ4v) is 7.47. The molecule has 0 bridgehead atoms. The first-order chi connectivity index (χ1) is 37.6. The first-order valence-electron chi connectivity index (χ1n) is 30.0. The van der Waals surface area contributed by atoms with E-state index < -0.39 is 24.3 Å². The summed E-state index contributed by atoms with van der Waals surface area (Å²) in [4.78, 5) is 37.3. The van der Waals surface area contributed by atoms with Gasteiger partial charge in [0.05, 0.1) is 40.3 Å². The van der Waals surface area contributed by atoms with Crippen LogP contribution in [0.3, 0.4) is 0 Å². The number of quaternary nitrogens is 1. The normalized spacial score (nSPS) is 13.8. The smallest absolute Gasteiger partial charge is 0.306 e. The van der Waals surface area contributed by atoms with Crippen LogP contribution in [0.25, 0.3) is 0 Å². The maximum atomic E-state index is 12.9. The van der Waals surface area contributed by atoms with Crippen molar-refractivity contribution in [3.8, 4) is 0 Å². The molecule has 0 saturated heterocycles. The number of aliphatic carboxylic acids is 1. The minimum absolute atomic E-state index is 0.130. The molecule has 0 heterocycles. The summed E-state index contributed by atoms with van der Waals surface area (Å²) < 4.78 is 22.6. The summed E-state index contributed by atoms with van der Waals surface area (Å²) in [7, 11) is 5.89. The van der Waals surface area contributed by atoms with E-state index in [2.05, 4.69) is 160 Å². The lowest BCUT2D eigenvalue weighted by Crippen LogP contribution is -2.44. The van der Waals surface area contributed by atoms with Crippen LogP contribution in [0.2, 0.25) is 0 Å². The first-order valence-corrected chi connectivity index (χ1v) is 30.0. The average Bonchev–Trinajstić information content (AvgIpc) is 3.40. The Bertz CT molecular complexity index is 1770. The highest BCUT2D eigenvalue weighted by atomic mass is 16.7. The molecule has 0 rings (SSSR count). The molecule has 434 valence electrons. The Morgan fingerprint density at radius 1 is 0.403 bits per heavy atom. The Hall–Kier alpha value is -4.83. The average molecular weight is 1070 g/mol. The van der Waals surface area contributed by atoms with Crippen molar-refractivity contribution in [3.05, 3.63) is 146 Å². The molecular weight excluding hydrogens is 959 g/mol. The van der Waals surface area contributed by atoms with E-state index in [0.29, 0.717) is 17.4 Å². The molecule has 0 aromatic rings. The highest BCUT2D eigenvalue weighted by molar-refractivity contribution is 5.70. The monoisotopic (exact) mass is 1070 g/mol. The highest BCUT2D eigenvalue weighted by Crippen LogP contribution is 2.13. The number of carboxylic acid groups (broad SMARTS) is 1. The summed E-state index contributed by atoms with van der Waals surface area (Å²) in [6.45, 7) is 4.53. The van der Waals surface area contributed by atoms with Crippen molar-refractivity contribution >= 4 is 17.9 Å². The van der Waals surface area contributed by atoms with Gasteiger partial charge in [-0.3, -0.25) is 9.59 Å². The lowest BCUT2D eigenvalue weighted by Gasteiger charge is -2.26. The lowest BCUT2D eigenvalue weighted by molar-refractivity contribution is -0.870. The minimum atomic E-state index is -1.64. The molecule has 9 nitrogen and oxygen atoms in total. The number of rotatable bonds is 53. The Labute approximate surface area is 471 Å².